The first-order valence-electron chi connectivity index (χ1n) is 10.6. The van der Waals surface area contributed by atoms with Crippen molar-refractivity contribution < 1.29 is 23.9 Å². The molecule has 2 rings (SSSR count). The first-order valence-corrected chi connectivity index (χ1v) is 10.9. The molecule has 0 radical (unpaired) electrons. The van der Waals surface area contributed by atoms with E-state index in [2.05, 4.69) is 20.8 Å². The summed E-state index contributed by atoms with van der Waals surface area (Å²) in [5.41, 5.74) is -0.443. The third-order valence-corrected chi connectivity index (χ3v) is 5.30. The van der Waals surface area contributed by atoms with E-state index in [0.29, 0.717) is 0 Å². The number of rotatable bonds is 13. The van der Waals surface area contributed by atoms with E-state index in [1.807, 2.05) is 0 Å². The number of Topliss-reactive ketones (excluding diaryl/α,β-unsaturated/α-hetero) is 1. The van der Waals surface area contributed by atoms with Crippen molar-refractivity contribution >= 4 is 40.5 Å². The van der Waals surface area contributed by atoms with Crippen molar-refractivity contribution in [1.82, 2.24) is 14.9 Å². The quantitative estimate of drug-likeness (QED) is 0.183. The molecular weight excluding hydrogens is 483 g/mol. The predicted molar refractivity (Wildman–Crippen MR) is 128 cm³/mol. The monoisotopic (exact) mass is 508 g/mol. The van der Waals surface area contributed by atoms with Crippen molar-refractivity contribution in [3.63, 3.8) is 0 Å². The van der Waals surface area contributed by atoms with Crippen LogP contribution in [-0.4, -0.2) is 57.6 Å². The van der Waals surface area contributed by atoms with Gasteiger partial charge in [-0.1, -0.05) is 29.7 Å². The number of benzene rings is 1. The lowest BCUT2D eigenvalue weighted by atomic mass is 10.2. The molecule has 1 heterocycles. The summed E-state index contributed by atoms with van der Waals surface area (Å²) in [6.45, 7) is 2.10. The van der Waals surface area contributed by atoms with Crippen molar-refractivity contribution in [1.29, 1.82) is 5.41 Å². The highest BCUT2D eigenvalue weighted by atomic mass is 35.5. The van der Waals surface area contributed by atoms with E-state index in [9.17, 15) is 18.8 Å². The Hall–Kier alpha value is -3.64. The van der Waals surface area contributed by atoms with Gasteiger partial charge in [0.05, 0.1) is 31.1 Å². The van der Waals surface area contributed by atoms with Crippen LogP contribution in [0.5, 0.6) is 0 Å². The summed E-state index contributed by atoms with van der Waals surface area (Å²) in [6, 6.07) is 3.27. The maximum Gasteiger partial charge on any atom is 0.294 e. The van der Waals surface area contributed by atoms with Gasteiger partial charge in [0.15, 0.2) is 11.6 Å². The predicted octanol–water partition coefficient (Wildman–Crippen LogP) is 2.17. The molecule has 0 bridgehead atoms. The lowest BCUT2D eigenvalue weighted by molar-refractivity contribution is -0.129. The smallest absolute Gasteiger partial charge is 0.294 e. The number of nitrogens with zero attached hydrogens (tertiary/aromatic N) is 3. The molecule has 11 nitrogen and oxygen atoms in total. The molecule has 1 unspecified atom stereocenters. The second kappa shape index (κ2) is 13.3. The molecule has 4 N–H and O–H groups in total. The first kappa shape index (κ1) is 27.6. The highest BCUT2D eigenvalue weighted by molar-refractivity contribution is 6.41. The number of amides is 1. The normalized spacial score (nSPS) is 12.2. The van der Waals surface area contributed by atoms with Gasteiger partial charge in [-0.2, -0.15) is 0 Å². The number of aromatic nitrogens is 2. The van der Waals surface area contributed by atoms with Crippen molar-refractivity contribution in [3.8, 4) is 0 Å². The molecule has 0 fully saturated rings. The fourth-order valence-corrected chi connectivity index (χ4v) is 3.17. The van der Waals surface area contributed by atoms with E-state index >= 15 is 0 Å². The minimum Gasteiger partial charge on any atom is -0.411 e. The molecule has 2 aromatic rings. The molecule has 35 heavy (non-hydrogen) atoms. The molecule has 0 saturated carbocycles. The Morgan fingerprint density at radius 2 is 2.11 bits per heavy atom. The molecule has 0 aliphatic rings. The van der Waals surface area contributed by atoms with Crippen LogP contribution >= 0.6 is 11.6 Å². The lowest BCUT2D eigenvalue weighted by Gasteiger charge is -2.18. The number of ketones is 1. The first-order chi connectivity index (χ1) is 16.7. The maximum absolute atomic E-state index is 13.7. The lowest BCUT2D eigenvalue weighted by Crippen LogP contribution is -2.40. The van der Waals surface area contributed by atoms with Gasteiger partial charge in [-0.3, -0.25) is 19.0 Å². The zero-order valence-corrected chi connectivity index (χ0v) is 19.9. The number of oxime groups is 1. The Morgan fingerprint density at radius 1 is 1.37 bits per heavy atom. The molecule has 0 aliphatic heterocycles. The van der Waals surface area contributed by atoms with E-state index in [1.165, 1.54) is 42.1 Å². The molecule has 0 spiro atoms. The second-order valence-electron chi connectivity index (χ2n) is 7.38. The van der Waals surface area contributed by atoms with Gasteiger partial charge in [-0.05, 0) is 25.5 Å². The van der Waals surface area contributed by atoms with Gasteiger partial charge < -0.3 is 26.0 Å². The number of anilines is 1. The van der Waals surface area contributed by atoms with Crippen molar-refractivity contribution in [3.05, 3.63) is 57.3 Å². The molecule has 0 aliphatic carbocycles. The topological polar surface area (TPSA) is 159 Å². The molecule has 1 atom stereocenters. The number of nitrogens with one attached hydrogen (secondary N) is 3. The zero-order valence-electron chi connectivity index (χ0n) is 19.2. The number of ether oxygens (including phenoxy) is 1. The van der Waals surface area contributed by atoms with Gasteiger partial charge in [0.2, 0.25) is 5.91 Å². The van der Waals surface area contributed by atoms with Crippen molar-refractivity contribution in [2.75, 3.05) is 25.0 Å². The van der Waals surface area contributed by atoms with Crippen LogP contribution in [0.4, 0.5) is 10.2 Å². The van der Waals surface area contributed by atoms with Gasteiger partial charge >= 0.3 is 0 Å². The molecule has 13 heteroatoms. The highest BCUT2D eigenvalue weighted by Gasteiger charge is 2.21. The second-order valence-corrected chi connectivity index (χ2v) is 7.79. The van der Waals surface area contributed by atoms with Gasteiger partial charge in [-0.15, -0.1) is 0 Å². The SMILES string of the molecule is CCC(C(=O)NCC(=O)COCc1c(F)cccc1Cl)n1ccnc(NCC(=N)/C(C)=N\O)c1=O. The van der Waals surface area contributed by atoms with Gasteiger partial charge in [0, 0.05) is 23.0 Å². The minimum atomic E-state index is -0.919. The molecule has 188 valence electrons. The van der Waals surface area contributed by atoms with Crippen molar-refractivity contribution in [2.45, 2.75) is 32.9 Å². The van der Waals surface area contributed by atoms with Gasteiger partial charge in [-0.25, -0.2) is 9.37 Å². The fourth-order valence-electron chi connectivity index (χ4n) is 2.95. The van der Waals surface area contributed by atoms with Gasteiger partial charge in [0.25, 0.3) is 5.56 Å². The van der Waals surface area contributed by atoms with Crippen LogP contribution in [0.1, 0.15) is 31.9 Å². The Morgan fingerprint density at radius 3 is 2.77 bits per heavy atom. The Labute approximate surface area is 205 Å². The van der Waals surface area contributed by atoms with Crippen LogP contribution in [-0.2, 0) is 20.9 Å². The van der Waals surface area contributed by atoms with Crippen molar-refractivity contribution in [2.24, 2.45) is 5.16 Å². The van der Waals surface area contributed by atoms with E-state index < -0.39 is 29.1 Å². The average molecular weight is 509 g/mol. The summed E-state index contributed by atoms with van der Waals surface area (Å²) in [6.07, 6.45) is 2.91. The molecule has 1 amide bonds. The fraction of sp³-hybridized carbons (Fsp3) is 0.364. The zero-order chi connectivity index (χ0) is 26.0. The summed E-state index contributed by atoms with van der Waals surface area (Å²) in [7, 11) is 0. The molecular formula is C22H26ClFN6O5. The van der Waals surface area contributed by atoms with E-state index in [0.717, 1.165) is 0 Å². The summed E-state index contributed by atoms with van der Waals surface area (Å²) in [5.74, 6) is -1.66. The number of hydrogen-bond donors (Lipinski definition) is 4. The third-order valence-electron chi connectivity index (χ3n) is 4.94. The van der Waals surface area contributed by atoms with Crippen LogP contribution in [0.3, 0.4) is 0 Å². The van der Waals surface area contributed by atoms with Crippen LogP contribution < -0.4 is 16.2 Å². The molecule has 1 aromatic carbocycles. The summed E-state index contributed by atoms with van der Waals surface area (Å²) < 4.78 is 20.1. The number of hydrogen-bond acceptors (Lipinski definition) is 9. The maximum atomic E-state index is 13.7. The molecule has 1 aromatic heterocycles. The van der Waals surface area contributed by atoms with E-state index in [-0.39, 0.29) is 60.6 Å². The minimum absolute atomic E-state index is 0.0492. The highest BCUT2D eigenvalue weighted by Crippen LogP contribution is 2.19. The van der Waals surface area contributed by atoms with E-state index in [1.54, 1.807) is 6.92 Å². The number of carbonyl (C=O) groups excluding carboxylic acids is 2. The largest absolute Gasteiger partial charge is 0.411 e. The van der Waals surface area contributed by atoms with Crippen LogP contribution in [0.15, 0.2) is 40.5 Å². The standard InChI is InChI=1S/C22H26ClFN6O5/c1-3-19(30-8-7-26-20(22(30)33)27-10-18(25)13(2)29-34)21(32)28-9-14(31)11-35-12-15-16(23)5-4-6-17(15)24/h4-8,19,25,34H,3,9-12H2,1-2H3,(H,26,27)(H,28,32)/b25-18?,29-13-. The Kier molecular flexibility index (Phi) is 10.5. The van der Waals surface area contributed by atoms with Crippen LogP contribution in [0.25, 0.3) is 0 Å². The average Bonchev–Trinajstić information content (AvgIpc) is 2.84. The van der Waals surface area contributed by atoms with Crippen LogP contribution in [0.2, 0.25) is 5.02 Å². The Balaban J connectivity index is 1.94. The van der Waals surface area contributed by atoms with Gasteiger partial charge in [0.1, 0.15) is 18.5 Å². The summed E-state index contributed by atoms with van der Waals surface area (Å²) >= 11 is 5.91. The third kappa shape index (κ3) is 7.69. The van der Waals surface area contributed by atoms with Crippen LogP contribution in [0, 0.1) is 11.2 Å². The summed E-state index contributed by atoms with van der Waals surface area (Å²) in [5, 5.41) is 24.7. The summed E-state index contributed by atoms with van der Waals surface area (Å²) in [4.78, 5) is 41.5. The molecule has 0 saturated heterocycles. The Bertz CT molecular complexity index is 1150. The number of halogens is 2. The van der Waals surface area contributed by atoms with E-state index in [4.69, 9.17) is 27.0 Å². The number of carbonyl (C=O) groups is 2.